The first kappa shape index (κ1) is 14.4. The number of halogens is 2. The molecule has 0 saturated heterocycles. The SMILES string of the molecule is Nc1ccc(C(=O)N/N=C\c2cccc(Cl)c2Cl)cc1. The molecule has 1 amide bonds. The van der Waals surface area contributed by atoms with Gasteiger partial charge in [0.25, 0.3) is 5.91 Å². The van der Waals surface area contributed by atoms with Gasteiger partial charge in [-0.25, -0.2) is 5.43 Å². The molecule has 0 spiro atoms. The third-order valence-corrected chi connectivity index (χ3v) is 3.36. The van der Waals surface area contributed by atoms with Crippen LogP contribution in [-0.2, 0) is 0 Å². The van der Waals surface area contributed by atoms with Crippen molar-refractivity contribution in [2.75, 3.05) is 5.73 Å². The van der Waals surface area contributed by atoms with E-state index < -0.39 is 0 Å². The maximum atomic E-state index is 11.8. The Morgan fingerprint density at radius 3 is 2.55 bits per heavy atom. The number of nitrogens with zero attached hydrogens (tertiary/aromatic N) is 1. The molecule has 0 heterocycles. The topological polar surface area (TPSA) is 67.5 Å². The van der Waals surface area contributed by atoms with Crippen molar-refractivity contribution in [1.29, 1.82) is 0 Å². The summed E-state index contributed by atoms with van der Waals surface area (Å²) in [6, 6.07) is 11.7. The molecule has 0 unspecified atom stereocenters. The monoisotopic (exact) mass is 307 g/mol. The Kier molecular flexibility index (Phi) is 4.61. The van der Waals surface area contributed by atoms with Crippen LogP contribution in [-0.4, -0.2) is 12.1 Å². The average molecular weight is 308 g/mol. The quantitative estimate of drug-likeness (QED) is 0.519. The first-order valence-corrected chi connectivity index (χ1v) is 6.46. The molecular formula is C14H11Cl2N3O. The Morgan fingerprint density at radius 2 is 1.85 bits per heavy atom. The molecule has 102 valence electrons. The zero-order valence-corrected chi connectivity index (χ0v) is 11.8. The Hall–Kier alpha value is -2.04. The molecule has 0 aliphatic rings. The Labute approximate surface area is 126 Å². The number of anilines is 1. The summed E-state index contributed by atoms with van der Waals surface area (Å²) in [5.41, 5.74) is 9.63. The predicted molar refractivity (Wildman–Crippen MR) is 82.4 cm³/mol. The van der Waals surface area contributed by atoms with Gasteiger partial charge in [-0.15, -0.1) is 0 Å². The van der Waals surface area contributed by atoms with Gasteiger partial charge in [0.1, 0.15) is 0 Å². The van der Waals surface area contributed by atoms with Gasteiger partial charge in [-0.3, -0.25) is 4.79 Å². The van der Waals surface area contributed by atoms with Gasteiger partial charge in [0.15, 0.2) is 0 Å². The van der Waals surface area contributed by atoms with Gasteiger partial charge in [-0.2, -0.15) is 5.10 Å². The molecule has 0 radical (unpaired) electrons. The van der Waals surface area contributed by atoms with Crippen molar-refractivity contribution < 1.29 is 4.79 Å². The van der Waals surface area contributed by atoms with Crippen LogP contribution in [0.2, 0.25) is 10.0 Å². The van der Waals surface area contributed by atoms with Gasteiger partial charge in [0.05, 0.1) is 16.3 Å². The highest BCUT2D eigenvalue weighted by molar-refractivity contribution is 6.43. The largest absolute Gasteiger partial charge is 0.399 e. The van der Waals surface area contributed by atoms with E-state index in [0.29, 0.717) is 26.9 Å². The fraction of sp³-hybridized carbons (Fsp3) is 0. The van der Waals surface area contributed by atoms with Crippen LogP contribution in [0, 0.1) is 0 Å². The molecule has 6 heteroatoms. The maximum Gasteiger partial charge on any atom is 0.271 e. The summed E-state index contributed by atoms with van der Waals surface area (Å²) < 4.78 is 0. The molecule has 0 saturated carbocycles. The molecule has 0 fully saturated rings. The lowest BCUT2D eigenvalue weighted by Gasteiger charge is -2.01. The Bertz CT molecular complexity index is 654. The average Bonchev–Trinajstić information content (AvgIpc) is 2.44. The van der Waals surface area contributed by atoms with Gasteiger partial charge >= 0.3 is 0 Å². The van der Waals surface area contributed by atoms with Crippen LogP contribution in [0.4, 0.5) is 5.69 Å². The zero-order valence-electron chi connectivity index (χ0n) is 10.3. The van der Waals surface area contributed by atoms with Crippen molar-refractivity contribution in [3.8, 4) is 0 Å². The summed E-state index contributed by atoms with van der Waals surface area (Å²) >= 11 is 11.9. The molecule has 4 nitrogen and oxygen atoms in total. The molecule has 20 heavy (non-hydrogen) atoms. The lowest BCUT2D eigenvalue weighted by molar-refractivity contribution is 0.0955. The van der Waals surface area contributed by atoms with Crippen LogP contribution in [0.25, 0.3) is 0 Å². The summed E-state index contributed by atoms with van der Waals surface area (Å²) in [4.78, 5) is 11.8. The van der Waals surface area contributed by atoms with Crippen LogP contribution < -0.4 is 11.2 Å². The fourth-order valence-electron chi connectivity index (χ4n) is 1.48. The van der Waals surface area contributed by atoms with E-state index in [4.69, 9.17) is 28.9 Å². The third-order valence-electron chi connectivity index (χ3n) is 2.52. The van der Waals surface area contributed by atoms with E-state index >= 15 is 0 Å². The molecule has 2 rings (SSSR count). The minimum absolute atomic E-state index is 0.334. The van der Waals surface area contributed by atoms with Crippen molar-refractivity contribution in [2.24, 2.45) is 5.10 Å². The fourth-order valence-corrected chi connectivity index (χ4v) is 1.84. The minimum atomic E-state index is -0.334. The molecule has 0 atom stereocenters. The van der Waals surface area contributed by atoms with Crippen LogP contribution in [0.5, 0.6) is 0 Å². The highest BCUT2D eigenvalue weighted by Gasteiger charge is 2.04. The summed E-state index contributed by atoms with van der Waals surface area (Å²) in [6.07, 6.45) is 1.43. The number of amides is 1. The molecule has 0 aromatic heterocycles. The van der Waals surface area contributed by atoms with E-state index in [1.807, 2.05) is 0 Å². The van der Waals surface area contributed by atoms with E-state index in [9.17, 15) is 4.79 Å². The van der Waals surface area contributed by atoms with E-state index in [0.717, 1.165) is 0 Å². The summed E-state index contributed by atoms with van der Waals surface area (Å²) in [7, 11) is 0. The maximum absolute atomic E-state index is 11.8. The van der Waals surface area contributed by atoms with Crippen LogP contribution in [0.3, 0.4) is 0 Å². The van der Waals surface area contributed by atoms with Crippen molar-refractivity contribution in [3.05, 3.63) is 63.6 Å². The highest BCUT2D eigenvalue weighted by Crippen LogP contribution is 2.24. The standard InChI is InChI=1S/C14H11Cl2N3O/c15-12-3-1-2-10(13(12)16)8-18-19-14(20)9-4-6-11(17)7-5-9/h1-8H,17H2,(H,19,20)/b18-8-. The summed E-state index contributed by atoms with van der Waals surface area (Å²) in [6.45, 7) is 0. The smallest absolute Gasteiger partial charge is 0.271 e. The van der Waals surface area contributed by atoms with E-state index in [1.165, 1.54) is 6.21 Å². The first-order valence-electron chi connectivity index (χ1n) is 5.71. The highest BCUT2D eigenvalue weighted by atomic mass is 35.5. The van der Waals surface area contributed by atoms with Crippen LogP contribution >= 0.6 is 23.2 Å². The lowest BCUT2D eigenvalue weighted by atomic mass is 10.2. The molecule has 3 N–H and O–H groups in total. The number of nitrogen functional groups attached to an aromatic ring is 1. The van der Waals surface area contributed by atoms with E-state index in [-0.39, 0.29) is 5.91 Å². The molecule has 2 aromatic rings. The number of nitrogens with one attached hydrogen (secondary N) is 1. The second-order valence-corrected chi connectivity index (χ2v) is 4.75. The van der Waals surface area contributed by atoms with Gasteiger partial charge in [-0.05, 0) is 30.3 Å². The van der Waals surface area contributed by atoms with Crippen LogP contribution in [0.15, 0.2) is 47.6 Å². The van der Waals surface area contributed by atoms with Crippen molar-refractivity contribution >= 4 is 41.0 Å². The molecule has 0 aliphatic heterocycles. The number of hydrazone groups is 1. The first-order chi connectivity index (χ1) is 9.58. The van der Waals surface area contributed by atoms with Gasteiger partial charge < -0.3 is 5.73 Å². The third kappa shape index (κ3) is 3.50. The van der Waals surface area contributed by atoms with Crippen LogP contribution in [0.1, 0.15) is 15.9 Å². The molecular weight excluding hydrogens is 297 g/mol. The predicted octanol–water partition coefficient (Wildman–Crippen LogP) is 3.34. The number of benzene rings is 2. The molecule has 2 aromatic carbocycles. The second-order valence-electron chi connectivity index (χ2n) is 3.96. The lowest BCUT2D eigenvalue weighted by Crippen LogP contribution is -2.17. The Morgan fingerprint density at radius 1 is 1.15 bits per heavy atom. The summed E-state index contributed by atoms with van der Waals surface area (Å²) in [5, 5.41) is 4.66. The number of carbonyl (C=O) groups is 1. The van der Waals surface area contributed by atoms with E-state index in [2.05, 4.69) is 10.5 Å². The van der Waals surface area contributed by atoms with Crippen molar-refractivity contribution in [2.45, 2.75) is 0 Å². The number of rotatable bonds is 3. The molecule has 0 aliphatic carbocycles. The number of nitrogens with two attached hydrogens (primary N) is 1. The van der Waals surface area contributed by atoms with Gasteiger partial charge in [-0.1, -0.05) is 35.3 Å². The van der Waals surface area contributed by atoms with Crippen molar-refractivity contribution in [3.63, 3.8) is 0 Å². The number of carbonyl (C=O) groups excluding carboxylic acids is 1. The van der Waals surface area contributed by atoms with Gasteiger partial charge in [0, 0.05) is 16.8 Å². The van der Waals surface area contributed by atoms with Gasteiger partial charge in [0.2, 0.25) is 0 Å². The molecule has 0 bridgehead atoms. The Balaban J connectivity index is 2.04. The van der Waals surface area contributed by atoms with E-state index in [1.54, 1.807) is 42.5 Å². The zero-order chi connectivity index (χ0) is 14.5. The normalized spacial score (nSPS) is 10.7. The van der Waals surface area contributed by atoms with Crippen molar-refractivity contribution in [1.82, 2.24) is 5.43 Å². The minimum Gasteiger partial charge on any atom is -0.399 e. The number of hydrogen-bond donors (Lipinski definition) is 2. The summed E-state index contributed by atoms with van der Waals surface area (Å²) in [5.74, 6) is -0.334. The number of hydrogen-bond acceptors (Lipinski definition) is 3. The second kappa shape index (κ2) is 6.41.